The lowest BCUT2D eigenvalue weighted by molar-refractivity contribution is -0.150. The number of halogens is 2. The summed E-state index contributed by atoms with van der Waals surface area (Å²) in [7, 11) is 0. The van der Waals surface area contributed by atoms with E-state index < -0.39 is 23.9 Å². The first kappa shape index (κ1) is 30.0. The van der Waals surface area contributed by atoms with Gasteiger partial charge in [0, 0.05) is 54.8 Å². The van der Waals surface area contributed by atoms with Crippen LogP contribution in [0.15, 0.2) is 24.3 Å². The number of likely N-dealkylation sites (tertiary alicyclic amines) is 1. The van der Waals surface area contributed by atoms with Crippen molar-refractivity contribution < 1.29 is 28.0 Å². The molecule has 2 aromatic rings. The number of hydrogen-bond acceptors (Lipinski definition) is 5. The molecular formula is C32H40F2N4O4S. The van der Waals surface area contributed by atoms with Crippen molar-refractivity contribution in [2.75, 3.05) is 19.6 Å². The van der Waals surface area contributed by atoms with Crippen LogP contribution in [0.4, 0.5) is 8.78 Å². The Morgan fingerprint density at radius 3 is 2.51 bits per heavy atom. The van der Waals surface area contributed by atoms with Gasteiger partial charge in [-0.3, -0.25) is 19.2 Å². The summed E-state index contributed by atoms with van der Waals surface area (Å²) >= 11 is 1.17. The molecule has 4 aliphatic rings. The second-order valence-electron chi connectivity index (χ2n) is 12.7. The van der Waals surface area contributed by atoms with Crippen molar-refractivity contribution in [2.45, 2.75) is 108 Å². The molecule has 0 bridgehead atoms. The highest BCUT2D eigenvalue weighted by atomic mass is 32.1. The quantitative estimate of drug-likeness (QED) is 0.511. The lowest BCUT2D eigenvalue weighted by Crippen LogP contribution is -2.62. The number of thiophene rings is 1. The number of hydrogen-bond donors (Lipinski definition) is 1. The van der Waals surface area contributed by atoms with E-state index in [2.05, 4.69) is 10.2 Å². The van der Waals surface area contributed by atoms with Crippen LogP contribution in [0.25, 0.3) is 10.1 Å². The first-order chi connectivity index (χ1) is 20.5. The fourth-order valence-electron chi connectivity index (χ4n) is 7.84. The van der Waals surface area contributed by atoms with Crippen LogP contribution in [0.3, 0.4) is 0 Å². The summed E-state index contributed by atoms with van der Waals surface area (Å²) in [6.07, 6.45) is 7.78. The van der Waals surface area contributed by atoms with Gasteiger partial charge in [0.1, 0.15) is 12.1 Å². The van der Waals surface area contributed by atoms with Gasteiger partial charge in [-0.1, -0.05) is 25.8 Å². The highest BCUT2D eigenvalue weighted by molar-refractivity contribution is 7.20. The summed E-state index contributed by atoms with van der Waals surface area (Å²) in [5.74, 6) is -3.97. The van der Waals surface area contributed by atoms with Gasteiger partial charge in [-0.25, -0.2) is 8.78 Å². The fraction of sp³-hybridized carbons (Fsp3) is 0.625. The van der Waals surface area contributed by atoms with Crippen LogP contribution in [-0.4, -0.2) is 81.6 Å². The van der Waals surface area contributed by atoms with E-state index in [1.54, 1.807) is 21.9 Å². The molecule has 3 atom stereocenters. The Bertz CT molecular complexity index is 1430. The van der Waals surface area contributed by atoms with Gasteiger partial charge < -0.3 is 20.0 Å². The maximum atomic E-state index is 14.3. The number of rotatable bonds is 5. The lowest BCUT2D eigenvalue weighted by atomic mass is 9.93. The average molecular weight is 615 g/mol. The molecule has 1 N–H and O–H groups in total. The Kier molecular flexibility index (Phi) is 7.98. The van der Waals surface area contributed by atoms with E-state index in [1.807, 2.05) is 0 Å². The third kappa shape index (κ3) is 5.42. The SMILES string of the molecule is CCC(F)(F)c1ccc2sc(C(=O)N[C@H]3CN(C(C)=O)CC[C@H]4CC[C@@H](C(=O)N5CCCC56CCCC6)N4C3=O)cc2c1. The van der Waals surface area contributed by atoms with Crippen LogP contribution in [0.2, 0.25) is 0 Å². The van der Waals surface area contributed by atoms with E-state index in [0.717, 1.165) is 45.1 Å². The molecule has 43 heavy (non-hydrogen) atoms. The molecule has 11 heteroatoms. The Hall–Kier alpha value is -3.08. The molecular weight excluding hydrogens is 574 g/mol. The molecule has 1 spiro atoms. The van der Waals surface area contributed by atoms with E-state index in [1.165, 1.54) is 37.3 Å². The predicted molar refractivity (Wildman–Crippen MR) is 160 cm³/mol. The third-order valence-corrected chi connectivity index (χ3v) is 11.3. The minimum Gasteiger partial charge on any atom is -0.340 e. The zero-order valence-electron chi connectivity index (χ0n) is 24.9. The summed E-state index contributed by atoms with van der Waals surface area (Å²) in [6.45, 7) is 4.04. The Balaban J connectivity index is 1.26. The van der Waals surface area contributed by atoms with Gasteiger partial charge in [-0.2, -0.15) is 0 Å². The average Bonchev–Trinajstić information content (AvgIpc) is 3.79. The van der Waals surface area contributed by atoms with E-state index in [-0.39, 0.29) is 47.8 Å². The monoisotopic (exact) mass is 614 g/mol. The number of carbonyl (C=O) groups excluding carboxylic acids is 4. The van der Waals surface area contributed by atoms with Gasteiger partial charge in [0.05, 0.1) is 4.88 Å². The van der Waals surface area contributed by atoms with Crippen LogP contribution in [0.1, 0.15) is 93.3 Å². The van der Waals surface area contributed by atoms with Crippen molar-refractivity contribution in [1.29, 1.82) is 0 Å². The van der Waals surface area contributed by atoms with Crippen molar-refractivity contribution in [1.82, 2.24) is 20.0 Å². The van der Waals surface area contributed by atoms with Crippen molar-refractivity contribution in [2.24, 2.45) is 0 Å². The van der Waals surface area contributed by atoms with Crippen LogP contribution in [-0.2, 0) is 20.3 Å². The topological polar surface area (TPSA) is 90.0 Å². The van der Waals surface area contributed by atoms with Crippen LogP contribution < -0.4 is 5.32 Å². The Morgan fingerprint density at radius 2 is 1.79 bits per heavy atom. The second kappa shape index (κ2) is 11.4. The van der Waals surface area contributed by atoms with Crippen molar-refractivity contribution in [3.05, 3.63) is 34.7 Å². The summed E-state index contributed by atoms with van der Waals surface area (Å²) in [6, 6.07) is 4.16. The van der Waals surface area contributed by atoms with E-state index in [4.69, 9.17) is 0 Å². The third-order valence-electron chi connectivity index (χ3n) is 10.2. The maximum absolute atomic E-state index is 14.3. The molecule has 4 amide bonds. The zero-order valence-corrected chi connectivity index (χ0v) is 25.7. The van der Waals surface area contributed by atoms with Crippen molar-refractivity contribution in [3.63, 3.8) is 0 Å². The highest BCUT2D eigenvalue weighted by Gasteiger charge is 2.51. The lowest BCUT2D eigenvalue weighted by Gasteiger charge is -2.42. The van der Waals surface area contributed by atoms with Gasteiger partial charge in [-0.15, -0.1) is 11.3 Å². The molecule has 232 valence electrons. The molecule has 6 rings (SSSR count). The normalized spacial score (nSPS) is 25.7. The molecule has 0 radical (unpaired) electrons. The van der Waals surface area contributed by atoms with Crippen molar-refractivity contribution >= 4 is 45.1 Å². The van der Waals surface area contributed by atoms with Gasteiger partial charge in [0.15, 0.2) is 0 Å². The molecule has 4 heterocycles. The van der Waals surface area contributed by atoms with Gasteiger partial charge in [0.25, 0.3) is 11.8 Å². The maximum Gasteiger partial charge on any atom is 0.273 e. The van der Waals surface area contributed by atoms with Gasteiger partial charge in [-0.05, 0) is 68.5 Å². The Labute approximate surface area is 254 Å². The first-order valence-electron chi connectivity index (χ1n) is 15.6. The largest absolute Gasteiger partial charge is 0.340 e. The molecule has 1 saturated carbocycles. The van der Waals surface area contributed by atoms with Crippen molar-refractivity contribution in [3.8, 4) is 0 Å². The van der Waals surface area contributed by atoms with Gasteiger partial charge in [0.2, 0.25) is 17.7 Å². The van der Waals surface area contributed by atoms with E-state index in [9.17, 15) is 28.0 Å². The highest BCUT2D eigenvalue weighted by Crippen LogP contribution is 2.44. The molecule has 3 saturated heterocycles. The Morgan fingerprint density at radius 1 is 1.05 bits per heavy atom. The molecule has 4 fully saturated rings. The summed E-state index contributed by atoms with van der Waals surface area (Å²) < 4.78 is 29.3. The number of fused-ring (bicyclic) bond motifs is 2. The van der Waals surface area contributed by atoms with Crippen LogP contribution in [0, 0.1) is 0 Å². The van der Waals surface area contributed by atoms with Crippen LogP contribution >= 0.6 is 11.3 Å². The molecule has 3 aliphatic heterocycles. The predicted octanol–water partition coefficient (Wildman–Crippen LogP) is 5.05. The molecule has 1 aromatic heterocycles. The van der Waals surface area contributed by atoms with Crippen LogP contribution in [0.5, 0.6) is 0 Å². The molecule has 8 nitrogen and oxygen atoms in total. The standard InChI is InChI=1S/C32H40F2N4O4S/c1-3-32(33,34)22-7-10-26-21(17-22)18-27(43-26)28(40)35-24-19-36(20(2)39)16-11-23-8-9-25(38(23)29(24)41)30(42)37-15-6-14-31(37)12-4-5-13-31/h7,10,17-18,23-25H,3-6,8-9,11-16,19H2,1-2H3,(H,35,40)/t23-,24+,25+/m1/s1. The number of alkyl halides is 2. The number of amides is 4. The summed E-state index contributed by atoms with van der Waals surface area (Å²) in [5.41, 5.74) is -0.185. The van der Waals surface area contributed by atoms with E-state index in [0.29, 0.717) is 40.8 Å². The number of nitrogens with one attached hydrogen (secondary N) is 1. The van der Waals surface area contributed by atoms with E-state index >= 15 is 0 Å². The molecule has 1 aliphatic carbocycles. The second-order valence-corrected chi connectivity index (χ2v) is 13.8. The number of nitrogens with zero attached hydrogens (tertiary/aromatic N) is 3. The molecule has 1 aromatic carbocycles. The van der Waals surface area contributed by atoms with Gasteiger partial charge >= 0.3 is 0 Å². The minimum atomic E-state index is -2.97. The number of benzene rings is 1. The summed E-state index contributed by atoms with van der Waals surface area (Å²) in [5, 5.41) is 3.39. The smallest absolute Gasteiger partial charge is 0.273 e. The zero-order chi connectivity index (χ0) is 30.5. The molecule has 0 unspecified atom stereocenters. The first-order valence-corrected chi connectivity index (χ1v) is 16.5. The summed E-state index contributed by atoms with van der Waals surface area (Å²) in [4.78, 5) is 60.0. The number of carbonyl (C=O) groups is 4. The minimum absolute atomic E-state index is 0.00938. The fourth-order valence-corrected chi connectivity index (χ4v) is 8.79.